The van der Waals surface area contributed by atoms with E-state index in [9.17, 15) is 0 Å². The summed E-state index contributed by atoms with van der Waals surface area (Å²) in [5.74, 6) is 0. The molecule has 0 spiro atoms. The standard InChI is InChI=1S/C26H22N4Si/c1-31(2)25(21-17-27-13-15-29-21)23(19-9-5-3-6-10-19)24(20-11-7-4-8-12-20)26(31)22-18-28-14-16-30-22/h3-18H,1-2H3. The summed E-state index contributed by atoms with van der Waals surface area (Å²) < 4.78 is 0. The van der Waals surface area contributed by atoms with Crippen molar-refractivity contribution >= 4 is 29.6 Å². The SMILES string of the molecule is C[Si]1(C)C(c2cnccn2)=C(c2ccccc2)C(c2ccccc2)=C1c1cnccn1. The Morgan fingerprint density at radius 2 is 0.968 bits per heavy atom. The van der Waals surface area contributed by atoms with E-state index in [1.165, 1.54) is 32.7 Å². The molecule has 150 valence electrons. The molecule has 5 heteroatoms. The molecule has 2 aromatic heterocycles. The van der Waals surface area contributed by atoms with Gasteiger partial charge >= 0.3 is 0 Å². The minimum absolute atomic E-state index is 0.936. The van der Waals surface area contributed by atoms with Crippen molar-refractivity contribution in [2.24, 2.45) is 0 Å². The second-order valence-corrected chi connectivity index (χ2v) is 12.3. The first-order chi connectivity index (χ1) is 15.2. The predicted octanol–water partition coefficient (Wildman–Crippen LogP) is 5.59. The number of aromatic nitrogens is 4. The molecule has 4 aromatic rings. The monoisotopic (exact) mass is 418 g/mol. The van der Waals surface area contributed by atoms with Crippen LogP contribution in [0.15, 0.2) is 97.8 Å². The van der Waals surface area contributed by atoms with Crippen LogP contribution in [0, 0.1) is 0 Å². The highest BCUT2D eigenvalue weighted by Crippen LogP contribution is 2.54. The van der Waals surface area contributed by atoms with Crippen LogP contribution in [-0.4, -0.2) is 28.0 Å². The van der Waals surface area contributed by atoms with E-state index in [0.717, 1.165) is 11.4 Å². The summed E-state index contributed by atoms with van der Waals surface area (Å²) in [5, 5.41) is 2.57. The fraction of sp³-hybridized carbons (Fsp3) is 0.0769. The van der Waals surface area contributed by atoms with Crippen LogP contribution in [0.3, 0.4) is 0 Å². The van der Waals surface area contributed by atoms with Crippen molar-refractivity contribution in [1.82, 2.24) is 19.9 Å². The number of allylic oxidation sites excluding steroid dienone is 2. The van der Waals surface area contributed by atoms with Crippen LogP contribution < -0.4 is 0 Å². The minimum atomic E-state index is -2.22. The van der Waals surface area contributed by atoms with E-state index in [2.05, 4.69) is 83.7 Å². The van der Waals surface area contributed by atoms with E-state index < -0.39 is 8.07 Å². The lowest BCUT2D eigenvalue weighted by Gasteiger charge is -2.24. The van der Waals surface area contributed by atoms with Crippen molar-refractivity contribution < 1.29 is 0 Å². The molecule has 31 heavy (non-hydrogen) atoms. The maximum absolute atomic E-state index is 4.74. The van der Waals surface area contributed by atoms with Crippen LogP contribution >= 0.6 is 0 Å². The van der Waals surface area contributed by atoms with Crippen molar-refractivity contribution in [3.63, 3.8) is 0 Å². The number of benzene rings is 2. The Bertz CT molecular complexity index is 1170. The van der Waals surface area contributed by atoms with E-state index in [-0.39, 0.29) is 0 Å². The van der Waals surface area contributed by atoms with Gasteiger partial charge in [0.25, 0.3) is 0 Å². The Labute approximate surface area is 183 Å². The summed E-state index contributed by atoms with van der Waals surface area (Å²) in [7, 11) is -2.22. The zero-order chi connectivity index (χ0) is 21.3. The van der Waals surface area contributed by atoms with Crippen molar-refractivity contribution in [1.29, 1.82) is 0 Å². The first kappa shape index (κ1) is 19.3. The second-order valence-electron chi connectivity index (χ2n) is 8.04. The first-order valence-corrected chi connectivity index (χ1v) is 13.3. The summed E-state index contributed by atoms with van der Waals surface area (Å²) in [6.45, 7) is 4.75. The Kier molecular flexibility index (Phi) is 4.88. The van der Waals surface area contributed by atoms with Gasteiger partial charge < -0.3 is 0 Å². The Hall–Kier alpha value is -3.70. The Morgan fingerprint density at radius 1 is 0.548 bits per heavy atom. The molecule has 3 heterocycles. The van der Waals surface area contributed by atoms with Gasteiger partial charge in [0.2, 0.25) is 0 Å². The highest BCUT2D eigenvalue weighted by atomic mass is 28.3. The fourth-order valence-electron chi connectivity index (χ4n) is 4.54. The van der Waals surface area contributed by atoms with Gasteiger partial charge in [0.05, 0.1) is 23.8 Å². The van der Waals surface area contributed by atoms with Crippen molar-refractivity contribution in [3.05, 3.63) is 120 Å². The molecular formula is C26H22N4Si. The fourth-order valence-corrected chi connectivity index (χ4v) is 8.12. The van der Waals surface area contributed by atoms with Crippen LogP contribution in [-0.2, 0) is 0 Å². The molecule has 0 atom stereocenters. The number of nitrogens with zero attached hydrogens (tertiary/aromatic N) is 4. The Morgan fingerprint density at radius 3 is 1.32 bits per heavy atom. The highest BCUT2D eigenvalue weighted by molar-refractivity contribution is 7.13. The topological polar surface area (TPSA) is 51.6 Å². The van der Waals surface area contributed by atoms with Crippen molar-refractivity contribution in [3.8, 4) is 0 Å². The third-order valence-electron chi connectivity index (χ3n) is 5.76. The second kappa shape index (κ2) is 7.85. The molecule has 5 rings (SSSR count). The van der Waals surface area contributed by atoms with E-state index in [0.29, 0.717) is 0 Å². The number of hydrogen-bond donors (Lipinski definition) is 0. The van der Waals surface area contributed by atoms with Crippen LogP contribution in [0.2, 0.25) is 13.1 Å². The van der Waals surface area contributed by atoms with Gasteiger partial charge in [-0.1, -0.05) is 73.8 Å². The van der Waals surface area contributed by atoms with E-state index >= 15 is 0 Å². The lowest BCUT2D eigenvalue weighted by Crippen LogP contribution is -2.29. The summed E-state index contributed by atoms with van der Waals surface area (Å²) in [6.07, 6.45) is 10.8. The highest BCUT2D eigenvalue weighted by Gasteiger charge is 2.45. The number of rotatable bonds is 4. The number of hydrogen-bond acceptors (Lipinski definition) is 4. The summed E-state index contributed by atoms with van der Waals surface area (Å²) in [6, 6.07) is 21.2. The lowest BCUT2D eigenvalue weighted by atomic mass is 9.90. The molecule has 0 amide bonds. The van der Waals surface area contributed by atoms with Crippen LogP contribution in [0.4, 0.5) is 0 Å². The molecule has 4 nitrogen and oxygen atoms in total. The van der Waals surface area contributed by atoms with Gasteiger partial charge in [-0.05, 0) is 32.7 Å². The molecule has 1 aliphatic heterocycles. The zero-order valence-electron chi connectivity index (χ0n) is 17.5. The van der Waals surface area contributed by atoms with Crippen LogP contribution in [0.5, 0.6) is 0 Å². The molecule has 0 N–H and O–H groups in total. The molecule has 0 bridgehead atoms. The molecule has 2 aromatic carbocycles. The van der Waals surface area contributed by atoms with E-state index in [1.807, 2.05) is 12.4 Å². The largest absolute Gasteiger partial charge is 0.261 e. The summed E-state index contributed by atoms with van der Waals surface area (Å²) in [4.78, 5) is 18.3. The van der Waals surface area contributed by atoms with Gasteiger partial charge in [-0.15, -0.1) is 0 Å². The van der Waals surface area contributed by atoms with Gasteiger partial charge in [0, 0.05) is 24.8 Å². The third-order valence-corrected chi connectivity index (χ3v) is 9.28. The van der Waals surface area contributed by atoms with Gasteiger partial charge in [-0.3, -0.25) is 19.9 Å². The molecule has 0 aliphatic carbocycles. The third kappa shape index (κ3) is 3.33. The predicted molar refractivity (Wildman–Crippen MR) is 128 cm³/mol. The quantitative estimate of drug-likeness (QED) is 0.406. The average molecular weight is 419 g/mol. The first-order valence-electron chi connectivity index (χ1n) is 10.3. The Balaban J connectivity index is 1.92. The average Bonchev–Trinajstić information content (AvgIpc) is 3.08. The zero-order valence-corrected chi connectivity index (χ0v) is 18.5. The molecule has 0 fully saturated rings. The summed E-state index contributed by atoms with van der Waals surface area (Å²) >= 11 is 0. The molecular weight excluding hydrogens is 396 g/mol. The molecule has 1 aliphatic rings. The maximum Gasteiger partial charge on any atom is 0.119 e. The smallest absolute Gasteiger partial charge is 0.119 e. The summed E-state index contributed by atoms with van der Waals surface area (Å²) in [5.41, 5.74) is 6.69. The van der Waals surface area contributed by atoms with Gasteiger partial charge in [-0.2, -0.15) is 0 Å². The van der Waals surface area contributed by atoms with Gasteiger partial charge in [0.15, 0.2) is 0 Å². The van der Waals surface area contributed by atoms with Gasteiger partial charge in [0.1, 0.15) is 8.07 Å². The van der Waals surface area contributed by atoms with Crippen LogP contribution in [0.25, 0.3) is 21.5 Å². The molecule has 0 unspecified atom stereocenters. The molecule has 0 saturated carbocycles. The van der Waals surface area contributed by atoms with Crippen molar-refractivity contribution in [2.75, 3.05) is 0 Å². The van der Waals surface area contributed by atoms with E-state index in [1.54, 1.807) is 24.8 Å². The molecule has 0 saturated heterocycles. The van der Waals surface area contributed by atoms with E-state index in [4.69, 9.17) is 9.97 Å². The molecule has 0 radical (unpaired) electrons. The lowest BCUT2D eigenvalue weighted by molar-refractivity contribution is 1.17. The maximum atomic E-state index is 4.74. The van der Waals surface area contributed by atoms with Crippen molar-refractivity contribution in [2.45, 2.75) is 13.1 Å². The van der Waals surface area contributed by atoms with Gasteiger partial charge in [-0.25, -0.2) is 0 Å². The van der Waals surface area contributed by atoms with Crippen LogP contribution in [0.1, 0.15) is 22.5 Å². The minimum Gasteiger partial charge on any atom is -0.261 e. The normalized spacial score (nSPS) is 15.4.